The lowest BCUT2D eigenvalue weighted by Crippen LogP contribution is -2.54. The van der Waals surface area contributed by atoms with Gasteiger partial charge in [0.05, 0.1) is 0 Å². The Labute approximate surface area is 146 Å². The second kappa shape index (κ2) is 7.01. The first-order valence-corrected chi connectivity index (χ1v) is 8.97. The highest BCUT2D eigenvalue weighted by molar-refractivity contribution is 7.15. The molecule has 1 fully saturated rings. The number of ether oxygens (including phenoxy) is 1. The van der Waals surface area contributed by atoms with E-state index in [1.54, 1.807) is 0 Å². The lowest BCUT2D eigenvalue weighted by molar-refractivity contribution is -0.124. The third kappa shape index (κ3) is 3.83. The molecular weight excluding hydrogens is 322 g/mol. The van der Waals surface area contributed by atoms with Crippen LogP contribution in [0.2, 0.25) is 0 Å². The van der Waals surface area contributed by atoms with Crippen molar-refractivity contribution in [2.75, 3.05) is 18.5 Å². The molecule has 0 bridgehead atoms. The van der Waals surface area contributed by atoms with E-state index in [0.29, 0.717) is 31.2 Å². The van der Waals surface area contributed by atoms with Gasteiger partial charge < -0.3 is 15.8 Å². The Morgan fingerprint density at radius 1 is 1.33 bits per heavy atom. The maximum atomic E-state index is 12.4. The number of rotatable bonds is 4. The van der Waals surface area contributed by atoms with Crippen LogP contribution in [0.5, 0.6) is 0 Å². The van der Waals surface area contributed by atoms with Crippen LogP contribution in [0.1, 0.15) is 34.4 Å². The first-order valence-electron chi connectivity index (χ1n) is 8.15. The number of nitrogens with zero attached hydrogens (tertiary/aromatic N) is 1. The Hall–Kier alpha value is -1.76. The number of anilines is 1. The molecule has 2 aromatic rings. The van der Waals surface area contributed by atoms with Crippen LogP contribution in [0.3, 0.4) is 0 Å². The fourth-order valence-electron chi connectivity index (χ4n) is 2.75. The highest BCUT2D eigenvalue weighted by Crippen LogP contribution is 2.25. The monoisotopic (exact) mass is 345 g/mol. The van der Waals surface area contributed by atoms with Crippen LogP contribution in [-0.2, 0) is 16.0 Å². The summed E-state index contributed by atoms with van der Waals surface area (Å²) in [5, 5.41) is 3.47. The number of carbonyl (C=O) groups is 1. The van der Waals surface area contributed by atoms with E-state index in [2.05, 4.69) is 42.3 Å². The fourth-order valence-corrected chi connectivity index (χ4v) is 3.59. The number of hydrogen-bond acceptors (Lipinski definition) is 5. The molecule has 1 amide bonds. The number of aryl methyl sites for hydroxylation is 2. The summed E-state index contributed by atoms with van der Waals surface area (Å²) in [4.78, 5) is 17.8. The molecule has 3 N–H and O–H groups in total. The molecule has 1 aromatic heterocycles. The van der Waals surface area contributed by atoms with Gasteiger partial charge in [0.1, 0.15) is 5.54 Å². The lowest BCUT2D eigenvalue weighted by atomic mass is 9.90. The van der Waals surface area contributed by atoms with Crippen LogP contribution in [0.15, 0.2) is 24.4 Å². The first kappa shape index (κ1) is 17.1. The van der Waals surface area contributed by atoms with Crippen LogP contribution < -0.4 is 11.1 Å². The Morgan fingerprint density at radius 3 is 2.79 bits per heavy atom. The van der Waals surface area contributed by atoms with E-state index >= 15 is 0 Å². The van der Waals surface area contributed by atoms with E-state index in [1.165, 1.54) is 28.0 Å². The van der Waals surface area contributed by atoms with Gasteiger partial charge >= 0.3 is 0 Å². The van der Waals surface area contributed by atoms with Gasteiger partial charge in [0.15, 0.2) is 5.13 Å². The summed E-state index contributed by atoms with van der Waals surface area (Å²) in [6.07, 6.45) is 3.72. The van der Waals surface area contributed by atoms with Crippen molar-refractivity contribution in [3.05, 3.63) is 46.0 Å². The third-order valence-corrected chi connectivity index (χ3v) is 5.47. The summed E-state index contributed by atoms with van der Waals surface area (Å²) in [5.74, 6) is -0.169. The summed E-state index contributed by atoms with van der Waals surface area (Å²) in [7, 11) is 0. The minimum atomic E-state index is -0.849. The minimum Gasteiger partial charge on any atom is -0.381 e. The molecule has 3 rings (SSSR count). The van der Waals surface area contributed by atoms with E-state index in [0.717, 1.165) is 11.3 Å². The molecule has 5 nitrogen and oxygen atoms in total. The topological polar surface area (TPSA) is 77.2 Å². The molecule has 1 aliphatic heterocycles. The van der Waals surface area contributed by atoms with Gasteiger partial charge in [-0.15, -0.1) is 11.3 Å². The molecule has 2 heterocycles. The molecule has 1 aliphatic rings. The van der Waals surface area contributed by atoms with E-state index < -0.39 is 5.54 Å². The molecule has 1 aromatic carbocycles. The molecule has 0 radical (unpaired) electrons. The van der Waals surface area contributed by atoms with Crippen molar-refractivity contribution in [1.29, 1.82) is 0 Å². The number of amides is 1. The SMILES string of the molecule is Cc1ccc(Cc2cnc(NC(=O)C3(N)CCOCC3)s2)cc1C. The molecular formula is C18H23N3O2S. The van der Waals surface area contributed by atoms with Gasteiger partial charge in [-0.05, 0) is 43.4 Å². The average Bonchev–Trinajstić information content (AvgIpc) is 2.99. The van der Waals surface area contributed by atoms with Crippen molar-refractivity contribution in [3.8, 4) is 0 Å². The van der Waals surface area contributed by atoms with Gasteiger partial charge in [-0.25, -0.2) is 4.98 Å². The zero-order valence-electron chi connectivity index (χ0n) is 14.1. The number of hydrogen-bond donors (Lipinski definition) is 2. The smallest absolute Gasteiger partial charge is 0.246 e. The van der Waals surface area contributed by atoms with Crippen LogP contribution >= 0.6 is 11.3 Å². The van der Waals surface area contributed by atoms with Crippen molar-refractivity contribution in [2.45, 2.75) is 38.6 Å². The fraction of sp³-hybridized carbons (Fsp3) is 0.444. The standard InChI is InChI=1S/C18H23N3O2S/c1-12-3-4-14(9-13(12)2)10-15-11-20-17(24-15)21-16(22)18(19)5-7-23-8-6-18/h3-4,9,11H,5-8,10,19H2,1-2H3,(H,20,21,22). The van der Waals surface area contributed by atoms with Gasteiger partial charge in [-0.1, -0.05) is 18.2 Å². The summed E-state index contributed by atoms with van der Waals surface area (Å²) < 4.78 is 5.28. The Bertz CT molecular complexity index is 736. The minimum absolute atomic E-state index is 0.169. The van der Waals surface area contributed by atoms with E-state index in [4.69, 9.17) is 10.5 Å². The average molecular weight is 345 g/mol. The molecule has 128 valence electrons. The quantitative estimate of drug-likeness (QED) is 0.893. The molecule has 0 unspecified atom stereocenters. The molecule has 24 heavy (non-hydrogen) atoms. The van der Waals surface area contributed by atoms with Crippen molar-refractivity contribution < 1.29 is 9.53 Å². The Kier molecular flexibility index (Phi) is 4.99. The van der Waals surface area contributed by atoms with Gasteiger partial charge in [0.2, 0.25) is 5.91 Å². The maximum absolute atomic E-state index is 12.4. The third-order valence-electron chi connectivity index (χ3n) is 4.56. The summed E-state index contributed by atoms with van der Waals surface area (Å²) >= 11 is 1.50. The second-order valence-electron chi connectivity index (χ2n) is 6.45. The summed E-state index contributed by atoms with van der Waals surface area (Å²) in [6.45, 7) is 5.28. The van der Waals surface area contributed by atoms with Crippen LogP contribution in [0.4, 0.5) is 5.13 Å². The second-order valence-corrected chi connectivity index (χ2v) is 7.56. The van der Waals surface area contributed by atoms with E-state index in [1.807, 2.05) is 6.20 Å². The van der Waals surface area contributed by atoms with Gasteiger partial charge in [0, 0.05) is 30.7 Å². The van der Waals surface area contributed by atoms with Crippen molar-refractivity contribution >= 4 is 22.4 Å². The zero-order valence-corrected chi connectivity index (χ0v) is 14.9. The molecule has 0 aliphatic carbocycles. The highest BCUT2D eigenvalue weighted by atomic mass is 32.1. The predicted octanol–water partition coefficient (Wildman–Crippen LogP) is 2.80. The van der Waals surface area contributed by atoms with E-state index in [9.17, 15) is 4.79 Å². The summed E-state index contributed by atoms with van der Waals surface area (Å²) in [6, 6.07) is 6.47. The number of aromatic nitrogens is 1. The van der Waals surface area contributed by atoms with Gasteiger partial charge in [-0.3, -0.25) is 4.79 Å². The van der Waals surface area contributed by atoms with Crippen LogP contribution in [0, 0.1) is 13.8 Å². The first-order chi connectivity index (χ1) is 11.5. The van der Waals surface area contributed by atoms with Gasteiger partial charge in [0.25, 0.3) is 0 Å². The van der Waals surface area contributed by atoms with Crippen LogP contribution in [-0.4, -0.2) is 29.6 Å². The maximum Gasteiger partial charge on any atom is 0.246 e. The highest BCUT2D eigenvalue weighted by Gasteiger charge is 2.36. The number of nitrogens with one attached hydrogen (secondary N) is 1. The van der Waals surface area contributed by atoms with Crippen LogP contribution in [0.25, 0.3) is 0 Å². The number of carbonyl (C=O) groups excluding carboxylic acids is 1. The van der Waals surface area contributed by atoms with Crippen molar-refractivity contribution in [1.82, 2.24) is 4.98 Å². The summed E-state index contributed by atoms with van der Waals surface area (Å²) in [5.41, 5.74) is 9.18. The normalized spacial score (nSPS) is 16.8. The van der Waals surface area contributed by atoms with E-state index in [-0.39, 0.29) is 5.91 Å². The Morgan fingerprint density at radius 2 is 2.08 bits per heavy atom. The van der Waals surface area contributed by atoms with Crippen molar-refractivity contribution in [3.63, 3.8) is 0 Å². The van der Waals surface area contributed by atoms with Gasteiger partial charge in [-0.2, -0.15) is 0 Å². The molecule has 0 saturated carbocycles. The Balaban J connectivity index is 1.64. The molecule has 1 saturated heterocycles. The number of benzene rings is 1. The molecule has 6 heteroatoms. The predicted molar refractivity (Wildman–Crippen MR) is 96.4 cm³/mol. The number of nitrogens with two attached hydrogens (primary N) is 1. The molecule has 0 spiro atoms. The number of thiazole rings is 1. The zero-order chi connectivity index (χ0) is 17.2. The molecule has 0 atom stereocenters. The lowest BCUT2D eigenvalue weighted by Gasteiger charge is -2.31. The van der Waals surface area contributed by atoms with Crippen molar-refractivity contribution in [2.24, 2.45) is 5.73 Å². The largest absolute Gasteiger partial charge is 0.381 e.